The molecule has 2 aliphatic heterocycles. The molecule has 0 radical (unpaired) electrons. The molecule has 3 rings (SSSR count). The number of hydrogen-bond donors (Lipinski definition) is 1. The molecule has 3 atom stereocenters. The fourth-order valence-electron chi connectivity index (χ4n) is 2.83. The summed E-state index contributed by atoms with van der Waals surface area (Å²) in [4.78, 5) is 3.92. The van der Waals surface area contributed by atoms with Crippen LogP contribution in [0, 0.1) is 0 Å². The predicted molar refractivity (Wildman–Crippen MR) is 56.5 cm³/mol. The van der Waals surface area contributed by atoms with Crippen molar-refractivity contribution in [2.75, 3.05) is 0 Å². The van der Waals surface area contributed by atoms with Crippen molar-refractivity contribution in [2.24, 2.45) is 0 Å². The molecule has 1 N–H and O–H groups in total. The zero-order valence-corrected chi connectivity index (χ0v) is 9.21. The van der Waals surface area contributed by atoms with E-state index < -0.39 is 29.7 Å². The highest BCUT2D eigenvalue weighted by Gasteiger charge is 2.55. The summed E-state index contributed by atoms with van der Waals surface area (Å²) in [5.41, 5.74) is -0.262. The second kappa shape index (κ2) is 3.78. The minimum atomic E-state index is -4.59. The Morgan fingerprint density at radius 3 is 2.67 bits per heavy atom. The van der Waals surface area contributed by atoms with E-state index in [2.05, 4.69) is 10.3 Å². The molecule has 0 amide bonds. The van der Waals surface area contributed by atoms with Crippen molar-refractivity contribution in [3.05, 3.63) is 41.5 Å². The summed E-state index contributed by atoms with van der Waals surface area (Å²) in [7, 11) is 0. The first-order valence-corrected chi connectivity index (χ1v) is 5.61. The number of hydrogen-bond acceptors (Lipinski definition) is 2. The van der Waals surface area contributed by atoms with Gasteiger partial charge in [-0.15, -0.1) is 0 Å². The largest absolute Gasteiger partial charge is 0.416 e. The van der Waals surface area contributed by atoms with Crippen molar-refractivity contribution >= 4 is 0 Å². The Bertz CT molecular complexity index is 495. The van der Waals surface area contributed by atoms with Gasteiger partial charge >= 0.3 is 6.18 Å². The van der Waals surface area contributed by atoms with Crippen LogP contribution >= 0.6 is 0 Å². The molecule has 3 heterocycles. The van der Waals surface area contributed by atoms with Crippen LogP contribution in [0.3, 0.4) is 0 Å². The van der Waals surface area contributed by atoms with E-state index >= 15 is 0 Å². The lowest BCUT2D eigenvalue weighted by Gasteiger charge is -2.22. The molecule has 0 aliphatic carbocycles. The highest BCUT2D eigenvalue weighted by molar-refractivity contribution is 5.40. The summed E-state index contributed by atoms with van der Waals surface area (Å²) in [5.74, 6) is -1.33. The van der Waals surface area contributed by atoms with Crippen LogP contribution in [-0.4, -0.2) is 23.2 Å². The lowest BCUT2D eigenvalue weighted by Crippen LogP contribution is -2.27. The Morgan fingerprint density at radius 1 is 1.33 bits per heavy atom. The van der Waals surface area contributed by atoms with Gasteiger partial charge in [-0.1, -0.05) is 6.07 Å². The zero-order chi connectivity index (χ0) is 12.9. The standard InChI is InChI=1S/C12H10F4N2/c13-10-9(12(14,15)16)8-4-7(11(10)18-8)6-2-1-3-17-5-6/h1-3,5,7-8,11,18H,4H2. The number of pyridine rings is 1. The molecule has 0 aromatic carbocycles. The van der Waals surface area contributed by atoms with Crippen LogP contribution in [0.1, 0.15) is 17.9 Å². The Kier molecular flexibility index (Phi) is 2.45. The van der Waals surface area contributed by atoms with Gasteiger partial charge in [-0.05, 0) is 18.1 Å². The molecule has 2 aliphatic rings. The van der Waals surface area contributed by atoms with Crippen LogP contribution in [-0.2, 0) is 0 Å². The number of alkyl halides is 3. The third-order valence-electron chi connectivity index (χ3n) is 3.57. The Morgan fingerprint density at radius 2 is 2.11 bits per heavy atom. The van der Waals surface area contributed by atoms with Gasteiger partial charge in [-0.3, -0.25) is 4.98 Å². The molecule has 18 heavy (non-hydrogen) atoms. The van der Waals surface area contributed by atoms with Crippen molar-refractivity contribution in [2.45, 2.75) is 30.6 Å². The van der Waals surface area contributed by atoms with Crippen LogP contribution in [0.5, 0.6) is 0 Å². The fourth-order valence-corrected chi connectivity index (χ4v) is 2.83. The molecule has 0 spiro atoms. The summed E-state index contributed by atoms with van der Waals surface area (Å²) >= 11 is 0. The molecule has 2 nitrogen and oxygen atoms in total. The molecule has 0 saturated carbocycles. The van der Waals surface area contributed by atoms with Crippen LogP contribution in [0.25, 0.3) is 0 Å². The predicted octanol–water partition coefficient (Wildman–Crippen LogP) is 2.70. The lowest BCUT2D eigenvalue weighted by molar-refractivity contribution is -0.0972. The van der Waals surface area contributed by atoms with E-state index in [4.69, 9.17) is 0 Å². The van der Waals surface area contributed by atoms with Gasteiger partial charge in [-0.25, -0.2) is 4.39 Å². The Labute approximate surface area is 101 Å². The zero-order valence-electron chi connectivity index (χ0n) is 9.21. The van der Waals surface area contributed by atoms with Crippen molar-refractivity contribution in [1.29, 1.82) is 0 Å². The van der Waals surface area contributed by atoms with Crippen LogP contribution in [0.15, 0.2) is 35.9 Å². The monoisotopic (exact) mass is 258 g/mol. The van der Waals surface area contributed by atoms with Crippen molar-refractivity contribution in [3.63, 3.8) is 0 Å². The number of rotatable bonds is 1. The minimum Gasteiger partial charge on any atom is -0.300 e. The fraction of sp³-hybridized carbons (Fsp3) is 0.417. The number of nitrogens with zero attached hydrogens (tertiary/aromatic N) is 1. The van der Waals surface area contributed by atoms with E-state index in [1.807, 2.05) is 0 Å². The normalized spacial score (nSPS) is 31.2. The number of nitrogens with one attached hydrogen (secondary N) is 1. The maximum Gasteiger partial charge on any atom is 0.416 e. The number of fused-ring (bicyclic) bond motifs is 2. The molecule has 2 bridgehead atoms. The van der Waals surface area contributed by atoms with Gasteiger partial charge in [0.25, 0.3) is 0 Å². The van der Waals surface area contributed by atoms with E-state index in [0.717, 1.165) is 5.56 Å². The minimum absolute atomic E-state index is 0.263. The molecule has 1 aromatic heterocycles. The van der Waals surface area contributed by atoms with E-state index in [1.54, 1.807) is 24.5 Å². The molecule has 1 fully saturated rings. The Balaban J connectivity index is 1.94. The van der Waals surface area contributed by atoms with Gasteiger partial charge in [0.2, 0.25) is 0 Å². The quantitative estimate of drug-likeness (QED) is 0.783. The van der Waals surface area contributed by atoms with Gasteiger partial charge in [0.05, 0.1) is 11.6 Å². The summed E-state index contributed by atoms with van der Waals surface area (Å²) in [5, 5.41) is 2.69. The van der Waals surface area contributed by atoms with Crippen molar-refractivity contribution in [1.82, 2.24) is 10.3 Å². The third kappa shape index (κ3) is 1.63. The second-order valence-corrected chi connectivity index (χ2v) is 4.58. The average molecular weight is 258 g/mol. The highest BCUT2D eigenvalue weighted by atomic mass is 19.4. The molecular formula is C12H10F4N2. The molecule has 6 heteroatoms. The first kappa shape index (κ1) is 11.6. The number of halogens is 4. The van der Waals surface area contributed by atoms with Gasteiger partial charge in [0.1, 0.15) is 5.83 Å². The lowest BCUT2D eigenvalue weighted by atomic mass is 9.84. The molecular weight excluding hydrogens is 248 g/mol. The van der Waals surface area contributed by atoms with Crippen LogP contribution < -0.4 is 5.32 Å². The van der Waals surface area contributed by atoms with Crippen molar-refractivity contribution < 1.29 is 17.6 Å². The highest BCUT2D eigenvalue weighted by Crippen LogP contribution is 2.48. The number of aromatic nitrogens is 1. The summed E-state index contributed by atoms with van der Waals surface area (Å²) in [6, 6.07) is 1.67. The molecule has 1 saturated heterocycles. The van der Waals surface area contributed by atoms with Crippen LogP contribution in [0.4, 0.5) is 17.6 Å². The second-order valence-electron chi connectivity index (χ2n) is 4.58. The molecule has 1 aromatic rings. The van der Waals surface area contributed by atoms with Gasteiger partial charge in [0, 0.05) is 24.4 Å². The van der Waals surface area contributed by atoms with Crippen molar-refractivity contribution in [3.8, 4) is 0 Å². The first-order chi connectivity index (χ1) is 8.48. The summed E-state index contributed by atoms with van der Waals surface area (Å²) in [6.45, 7) is 0. The summed E-state index contributed by atoms with van der Waals surface area (Å²) in [6.07, 6.45) is -1.17. The molecule has 3 unspecified atom stereocenters. The Hall–Kier alpha value is -1.43. The first-order valence-electron chi connectivity index (χ1n) is 5.61. The van der Waals surface area contributed by atoms with E-state index in [9.17, 15) is 17.6 Å². The third-order valence-corrected chi connectivity index (χ3v) is 3.57. The SMILES string of the molecule is FC1=C(C(F)(F)F)C2CC(c3cccnc3)C1N2. The molecule has 96 valence electrons. The van der Waals surface area contributed by atoms with E-state index in [-0.39, 0.29) is 12.3 Å². The smallest absolute Gasteiger partial charge is 0.300 e. The van der Waals surface area contributed by atoms with E-state index in [1.165, 1.54) is 0 Å². The van der Waals surface area contributed by atoms with E-state index in [0.29, 0.717) is 0 Å². The maximum atomic E-state index is 13.8. The average Bonchev–Trinajstić information content (AvgIpc) is 2.86. The van der Waals surface area contributed by atoms with Gasteiger partial charge < -0.3 is 5.32 Å². The maximum absolute atomic E-state index is 13.8. The van der Waals surface area contributed by atoms with Crippen LogP contribution in [0.2, 0.25) is 0 Å². The topological polar surface area (TPSA) is 24.9 Å². The van der Waals surface area contributed by atoms with Gasteiger partial charge in [-0.2, -0.15) is 13.2 Å². The summed E-state index contributed by atoms with van der Waals surface area (Å²) < 4.78 is 51.7. The van der Waals surface area contributed by atoms with Gasteiger partial charge in [0.15, 0.2) is 0 Å².